The maximum atomic E-state index is 11.6. The van der Waals surface area contributed by atoms with E-state index < -0.39 is 0 Å². The van der Waals surface area contributed by atoms with Crippen LogP contribution in [-0.2, 0) is 0 Å². The number of aromatic amines is 1. The number of nitrogens with one attached hydrogen (secondary N) is 2. The zero-order valence-electron chi connectivity index (χ0n) is 7.57. The molecular weight excluding hydrogens is 216 g/mol. The number of hydrogen-bond donors (Lipinski definition) is 2. The molecule has 15 heavy (non-hydrogen) atoms. The molecule has 0 spiro atoms. The molecule has 0 atom stereocenters. The number of anilines is 1. The Labute approximate surface area is 90.5 Å². The number of carbonyl (C=O) groups excluding carboxylic acids is 1. The van der Waals surface area contributed by atoms with E-state index in [2.05, 4.69) is 20.5 Å². The van der Waals surface area contributed by atoms with Gasteiger partial charge < -0.3 is 5.32 Å². The smallest absolute Gasteiger partial charge is 0.275 e. The van der Waals surface area contributed by atoms with Crippen LogP contribution in [0.4, 0.5) is 5.82 Å². The van der Waals surface area contributed by atoms with Gasteiger partial charge in [-0.1, -0.05) is 11.6 Å². The molecule has 2 rings (SSSR count). The Morgan fingerprint density at radius 1 is 1.40 bits per heavy atom. The summed E-state index contributed by atoms with van der Waals surface area (Å²) in [5, 5.41) is 9.40. The predicted molar refractivity (Wildman–Crippen MR) is 55.8 cm³/mol. The molecule has 1 amide bonds. The summed E-state index contributed by atoms with van der Waals surface area (Å²) in [7, 11) is 0. The summed E-state index contributed by atoms with van der Waals surface area (Å²) in [6, 6.07) is 4.80. The molecule has 0 aliphatic carbocycles. The van der Waals surface area contributed by atoms with Crippen LogP contribution < -0.4 is 5.32 Å². The highest BCUT2D eigenvalue weighted by atomic mass is 35.5. The van der Waals surface area contributed by atoms with Crippen LogP contribution in [0.1, 0.15) is 10.5 Å². The van der Waals surface area contributed by atoms with Crippen molar-refractivity contribution in [2.24, 2.45) is 0 Å². The van der Waals surface area contributed by atoms with E-state index in [1.807, 2.05) is 0 Å². The van der Waals surface area contributed by atoms with Gasteiger partial charge in [0.2, 0.25) is 0 Å². The number of carbonyl (C=O) groups is 1. The van der Waals surface area contributed by atoms with Crippen LogP contribution in [0.3, 0.4) is 0 Å². The molecule has 0 saturated carbocycles. The van der Waals surface area contributed by atoms with Crippen molar-refractivity contribution in [3.8, 4) is 0 Å². The van der Waals surface area contributed by atoms with Gasteiger partial charge >= 0.3 is 0 Å². The van der Waals surface area contributed by atoms with E-state index >= 15 is 0 Å². The Kier molecular flexibility index (Phi) is 2.64. The number of aromatic nitrogens is 3. The van der Waals surface area contributed by atoms with Crippen LogP contribution in [0.2, 0.25) is 5.02 Å². The normalized spacial score (nSPS) is 9.93. The van der Waals surface area contributed by atoms with Gasteiger partial charge in [0.1, 0.15) is 11.5 Å². The lowest BCUT2D eigenvalue weighted by Crippen LogP contribution is -2.13. The van der Waals surface area contributed by atoms with Crippen LogP contribution >= 0.6 is 11.6 Å². The number of halogens is 1. The molecule has 0 aliphatic rings. The molecule has 2 N–H and O–H groups in total. The minimum absolute atomic E-state index is 0.300. The van der Waals surface area contributed by atoms with E-state index in [1.54, 1.807) is 24.4 Å². The van der Waals surface area contributed by atoms with Crippen LogP contribution in [0.5, 0.6) is 0 Å². The van der Waals surface area contributed by atoms with E-state index in [0.29, 0.717) is 16.5 Å². The van der Waals surface area contributed by atoms with Crippen molar-refractivity contribution in [3.63, 3.8) is 0 Å². The van der Waals surface area contributed by atoms with Gasteiger partial charge in [-0.05, 0) is 12.1 Å². The van der Waals surface area contributed by atoms with Gasteiger partial charge in [-0.2, -0.15) is 5.10 Å². The Hall–Kier alpha value is -1.88. The van der Waals surface area contributed by atoms with Crippen molar-refractivity contribution in [2.45, 2.75) is 0 Å². The molecule has 5 nitrogen and oxygen atoms in total. The quantitative estimate of drug-likeness (QED) is 0.813. The molecule has 2 heterocycles. The topological polar surface area (TPSA) is 70.7 Å². The fourth-order valence-electron chi connectivity index (χ4n) is 1.02. The first-order valence-corrected chi connectivity index (χ1v) is 4.56. The van der Waals surface area contributed by atoms with Gasteiger partial charge in [-0.15, -0.1) is 0 Å². The molecule has 0 aliphatic heterocycles. The van der Waals surface area contributed by atoms with Crippen molar-refractivity contribution in [2.75, 3.05) is 5.32 Å². The van der Waals surface area contributed by atoms with Gasteiger partial charge in [-0.25, -0.2) is 4.98 Å². The zero-order valence-corrected chi connectivity index (χ0v) is 8.32. The Balaban J connectivity index is 2.11. The second kappa shape index (κ2) is 4.10. The van der Waals surface area contributed by atoms with E-state index in [-0.39, 0.29) is 5.91 Å². The number of amides is 1. The van der Waals surface area contributed by atoms with Crippen molar-refractivity contribution in [3.05, 3.63) is 41.3 Å². The summed E-state index contributed by atoms with van der Waals surface area (Å²) in [6.45, 7) is 0. The second-order valence-corrected chi connectivity index (χ2v) is 3.22. The number of hydrogen-bond acceptors (Lipinski definition) is 3. The Morgan fingerprint density at radius 2 is 2.27 bits per heavy atom. The van der Waals surface area contributed by atoms with Crippen molar-refractivity contribution < 1.29 is 4.79 Å². The standard InChI is InChI=1S/C9H7ClN4O/c10-6-1-2-7(11-5-6)9(15)13-8-3-4-12-14-8/h1-5H,(H2,12,13,14,15). The summed E-state index contributed by atoms with van der Waals surface area (Å²) in [4.78, 5) is 15.4. The molecule has 0 bridgehead atoms. The number of pyridine rings is 1. The average Bonchev–Trinajstić information content (AvgIpc) is 2.71. The fourth-order valence-corrected chi connectivity index (χ4v) is 1.13. The van der Waals surface area contributed by atoms with Gasteiger partial charge in [-0.3, -0.25) is 9.89 Å². The van der Waals surface area contributed by atoms with Gasteiger partial charge in [0, 0.05) is 12.3 Å². The highest BCUT2D eigenvalue weighted by Gasteiger charge is 2.07. The van der Waals surface area contributed by atoms with Gasteiger partial charge in [0.25, 0.3) is 5.91 Å². The summed E-state index contributed by atoms with van der Waals surface area (Å²) in [6.07, 6.45) is 2.97. The largest absolute Gasteiger partial charge is 0.306 e. The van der Waals surface area contributed by atoms with E-state index in [0.717, 1.165) is 0 Å². The van der Waals surface area contributed by atoms with Gasteiger partial charge in [0.05, 0.1) is 11.2 Å². The molecule has 2 aromatic rings. The fraction of sp³-hybridized carbons (Fsp3) is 0. The molecule has 0 aromatic carbocycles. The van der Waals surface area contributed by atoms with Crippen LogP contribution in [0.25, 0.3) is 0 Å². The first-order valence-electron chi connectivity index (χ1n) is 4.18. The molecule has 2 aromatic heterocycles. The summed E-state index contributed by atoms with van der Waals surface area (Å²) < 4.78 is 0. The van der Waals surface area contributed by atoms with Crippen LogP contribution in [0, 0.1) is 0 Å². The third kappa shape index (κ3) is 2.32. The van der Waals surface area contributed by atoms with Crippen molar-refractivity contribution in [1.29, 1.82) is 0 Å². The summed E-state index contributed by atoms with van der Waals surface area (Å²) in [5.74, 6) is 0.215. The third-order valence-electron chi connectivity index (χ3n) is 1.71. The van der Waals surface area contributed by atoms with E-state index in [9.17, 15) is 4.79 Å². The van der Waals surface area contributed by atoms with Crippen molar-refractivity contribution >= 4 is 23.3 Å². The van der Waals surface area contributed by atoms with Gasteiger partial charge in [0.15, 0.2) is 0 Å². The third-order valence-corrected chi connectivity index (χ3v) is 1.93. The molecule has 0 saturated heterocycles. The molecular formula is C9H7ClN4O. The predicted octanol–water partition coefficient (Wildman–Crippen LogP) is 1.71. The average molecular weight is 223 g/mol. The maximum absolute atomic E-state index is 11.6. The SMILES string of the molecule is O=C(Nc1ccn[nH]1)c1ccc(Cl)cn1. The first-order chi connectivity index (χ1) is 7.25. The lowest BCUT2D eigenvalue weighted by atomic mass is 10.3. The molecule has 0 fully saturated rings. The molecule has 0 radical (unpaired) electrons. The first kappa shape index (κ1) is 9.67. The Bertz CT molecular complexity index is 451. The molecule has 76 valence electrons. The number of nitrogens with zero attached hydrogens (tertiary/aromatic N) is 2. The number of rotatable bonds is 2. The molecule has 6 heteroatoms. The minimum atomic E-state index is -0.309. The lowest BCUT2D eigenvalue weighted by Gasteiger charge is -2.00. The number of H-pyrrole nitrogens is 1. The highest BCUT2D eigenvalue weighted by Crippen LogP contribution is 2.07. The monoisotopic (exact) mass is 222 g/mol. The Morgan fingerprint density at radius 3 is 2.87 bits per heavy atom. The summed E-state index contributed by atoms with van der Waals surface area (Å²) >= 11 is 5.65. The van der Waals surface area contributed by atoms with Crippen LogP contribution in [-0.4, -0.2) is 21.1 Å². The molecule has 0 unspecified atom stereocenters. The van der Waals surface area contributed by atoms with E-state index in [4.69, 9.17) is 11.6 Å². The lowest BCUT2D eigenvalue weighted by molar-refractivity contribution is 0.102. The van der Waals surface area contributed by atoms with Crippen LogP contribution in [0.15, 0.2) is 30.6 Å². The zero-order chi connectivity index (χ0) is 10.7. The van der Waals surface area contributed by atoms with Crippen molar-refractivity contribution in [1.82, 2.24) is 15.2 Å². The summed E-state index contributed by atoms with van der Waals surface area (Å²) in [5.41, 5.74) is 0.300. The minimum Gasteiger partial charge on any atom is -0.306 e. The van der Waals surface area contributed by atoms with E-state index in [1.165, 1.54) is 6.20 Å². The highest BCUT2D eigenvalue weighted by molar-refractivity contribution is 6.30. The maximum Gasteiger partial charge on any atom is 0.275 e. The second-order valence-electron chi connectivity index (χ2n) is 2.79.